The van der Waals surface area contributed by atoms with Crippen molar-refractivity contribution in [2.45, 2.75) is 66.0 Å². The minimum atomic E-state index is -0.297. The molecule has 3 heterocycles. The molecular formula is C18H29N3O2. The number of amides is 1. The maximum absolute atomic E-state index is 12.7. The second-order valence-corrected chi connectivity index (χ2v) is 8.28. The minimum Gasteiger partial charge on any atom is -0.361 e. The number of nitrogens with zero attached hydrogens (tertiary/aromatic N) is 3. The molecule has 3 rings (SSSR count). The Bertz CT molecular complexity index is 582. The molecule has 1 aromatic heterocycles. The van der Waals surface area contributed by atoms with E-state index in [-0.39, 0.29) is 16.9 Å². The van der Waals surface area contributed by atoms with Gasteiger partial charge in [0.2, 0.25) is 5.91 Å². The van der Waals surface area contributed by atoms with Gasteiger partial charge in [0.05, 0.1) is 5.69 Å². The van der Waals surface area contributed by atoms with Gasteiger partial charge in [0.15, 0.2) is 0 Å². The van der Waals surface area contributed by atoms with Crippen molar-refractivity contribution >= 4 is 5.91 Å². The van der Waals surface area contributed by atoms with Crippen LogP contribution in [0.1, 0.15) is 57.1 Å². The molecule has 23 heavy (non-hydrogen) atoms. The lowest BCUT2D eigenvalue weighted by Gasteiger charge is -2.57. The van der Waals surface area contributed by atoms with Crippen molar-refractivity contribution in [2.75, 3.05) is 19.6 Å². The Labute approximate surface area is 139 Å². The lowest BCUT2D eigenvalue weighted by atomic mass is 9.76. The van der Waals surface area contributed by atoms with Crippen molar-refractivity contribution in [1.29, 1.82) is 0 Å². The van der Waals surface area contributed by atoms with E-state index in [1.807, 2.05) is 34.6 Å². The number of hydrogen-bond donors (Lipinski definition) is 0. The molecule has 5 nitrogen and oxygen atoms in total. The molecule has 0 radical (unpaired) electrons. The molecule has 1 atom stereocenters. The van der Waals surface area contributed by atoms with E-state index < -0.39 is 0 Å². The van der Waals surface area contributed by atoms with Gasteiger partial charge in [-0.1, -0.05) is 25.9 Å². The zero-order valence-electron chi connectivity index (χ0n) is 15.1. The second kappa shape index (κ2) is 5.62. The average molecular weight is 319 g/mol. The van der Waals surface area contributed by atoms with Crippen molar-refractivity contribution in [3.8, 4) is 0 Å². The van der Waals surface area contributed by atoms with E-state index in [0.717, 1.165) is 44.1 Å². The summed E-state index contributed by atoms with van der Waals surface area (Å²) in [6.07, 6.45) is 3.47. The van der Waals surface area contributed by atoms with E-state index in [0.29, 0.717) is 0 Å². The van der Waals surface area contributed by atoms with Gasteiger partial charge in [-0.3, -0.25) is 9.69 Å². The Morgan fingerprint density at radius 3 is 2.52 bits per heavy atom. The van der Waals surface area contributed by atoms with Gasteiger partial charge in [0.25, 0.3) is 0 Å². The summed E-state index contributed by atoms with van der Waals surface area (Å²) in [4.78, 5) is 17.3. The Hall–Kier alpha value is -1.36. The molecule has 0 aliphatic carbocycles. The zero-order valence-corrected chi connectivity index (χ0v) is 15.1. The molecule has 0 unspecified atom stereocenters. The number of likely N-dealkylation sites (tertiary alicyclic amines) is 2. The summed E-state index contributed by atoms with van der Waals surface area (Å²) in [7, 11) is 0. The maximum Gasteiger partial charge on any atom is 0.228 e. The SMILES string of the molecule is Cc1noc(C)c1CN1CC[C@]12CCCN(C(=O)C(C)(C)C)C2. The molecule has 0 saturated carbocycles. The van der Waals surface area contributed by atoms with Gasteiger partial charge < -0.3 is 9.42 Å². The highest BCUT2D eigenvalue weighted by atomic mass is 16.5. The summed E-state index contributed by atoms with van der Waals surface area (Å²) < 4.78 is 5.30. The Kier molecular flexibility index (Phi) is 4.03. The third kappa shape index (κ3) is 2.91. The lowest BCUT2D eigenvalue weighted by Crippen LogP contribution is -2.67. The third-order valence-electron chi connectivity index (χ3n) is 5.53. The molecule has 5 heteroatoms. The normalized spacial score (nSPS) is 25.7. The van der Waals surface area contributed by atoms with Crippen molar-refractivity contribution in [2.24, 2.45) is 5.41 Å². The fraction of sp³-hybridized carbons (Fsp3) is 0.778. The fourth-order valence-corrected chi connectivity index (χ4v) is 3.97. The number of hydrogen-bond acceptors (Lipinski definition) is 4. The number of rotatable bonds is 2. The van der Waals surface area contributed by atoms with Crippen molar-refractivity contribution in [3.63, 3.8) is 0 Å². The lowest BCUT2D eigenvalue weighted by molar-refractivity contribution is -0.148. The number of aromatic nitrogens is 1. The quantitative estimate of drug-likeness (QED) is 0.841. The van der Waals surface area contributed by atoms with Crippen LogP contribution in [0.5, 0.6) is 0 Å². The highest BCUT2D eigenvalue weighted by Gasteiger charge is 2.49. The summed E-state index contributed by atoms with van der Waals surface area (Å²) in [5.74, 6) is 1.20. The molecule has 1 spiro atoms. The Morgan fingerprint density at radius 2 is 2.00 bits per heavy atom. The molecule has 2 fully saturated rings. The molecule has 2 saturated heterocycles. The predicted octanol–water partition coefficient (Wildman–Crippen LogP) is 2.90. The maximum atomic E-state index is 12.7. The average Bonchev–Trinajstić information content (AvgIpc) is 2.81. The molecule has 0 N–H and O–H groups in total. The first-order valence-electron chi connectivity index (χ1n) is 8.69. The van der Waals surface area contributed by atoms with Crippen molar-refractivity contribution < 1.29 is 9.32 Å². The van der Waals surface area contributed by atoms with Crippen LogP contribution < -0.4 is 0 Å². The monoisotopic (exact) mass is 319 g/mol. The number of carbonyl (C=O) groups is 1. The first kappa shape index (κ1) is 16.5. The van der Waals surface area contributed by atoms with E-state index in [4.69, 9.17) is 4.52 Å². The molecular weight excluding hydrogens is 290 g/mol. The van der Waals surface area contributed by atoms with Gasteiger partial charge >= 0.3 is 0 Å². The largest absolute Gasteiger partial charge is 0.361 e. The van der Waals surface area contributed by atoms with E-state index in [2.05, 4.69) is 15.0 Å². The Balaban J connectivity index is 1.73. The van der Waals surface area contributed by atoms with Crippen LogP contribution in [0.3, 0.4) is 0 Å². The van der Waals surface area contributed by atoms with Crippen LogP contribution in [-0.2, 0) is 11.3 Å². The number of carbonyl (C=O) groups excluding carboxylic acids is 1. The molecule has 128 valence electrons. The third-order valence-corrected chi connectivity index (χ3v) is 5.53. The summed E-state index contributed by atoms with van der Waals surface area (Å²) in [5.41, 5.74) is 2.07. The summed E-state index contributed by atoms with van der Waals surface area (Å²) in [5, 5.41) is 4.07. The standard InChI is InChI=1S/C18H29N3O2/c1-13-15(14(2)23-19-13)11-21-10-8-18(21)7-6-9-20(12-18)16(22)17(3,4)5/h6-12H2,1-5H3/t18-/m0/s1. The summed E-state index contributed by atoms with van der Waals surface area (Å²) >= 11 is 0. The van der Waals surface area contributed by atoms with Gasteiger partial charge in [-0.15, -0.1) is 0 Å². The van der Waals surface area contributed by atoms with Crippen LogP contribution in [0.15, 0.2) is 4.52 Å². The van der Waals surface area contributed by atoms with Crippen molar-refractivity contribution in [3.05, 3.63) is 17.0 Å². The smallest absolute Gasteiger partial charge is 0.228 e. The summed E-state index contributed by atoms with van der Waals surface area (Å²) in [6.45, 7) is 13.8. The molecule has 1 amide bonds. The van der Waals surface area contributed by atoms with Crippen LogP contribution in [0.4, 0.5) is 0 Å². The van der Waals surface area contributed by atoms with Crippen LogP contribution in [0.25, 0.3) is 0 Å². The molecule has 2 aliphatic rings. The predicted molar refractivity (Wildman–Crippen MR) is 89.0 cm³/mol. The van der Waals surface area contributed by atoms with Gasteiger partial charge in [-0.05, 0) is 33.1 Å². The molecule has 0 aromatic carbocycles. The van der Waals surface area contributed by atoms with Crippen LogP contribution in [-0.4, -0.2) is 46.0 Å². The van der Waals surface area contributed by atoms with E-state index >= 15 is 0 Å². The zero-order chi connectivity index (χ0) is 16.8. The first-order chi connectivity index (χ1) is 10.7. The highest BCUT2D eigenvalue weighted by molar-refractivity contribution is 5.81. The number of piperidine rings is 1. The number of aryl methyl sites for hydroxylation is 2. The molecule has 2 aliphatic heterocycles. The highest BCUT2D eigenvalue weighted by Crippen LogP contribution is 2.41. The molecule has 0 bridgehead atoms. The van der Waals surface area contributed by atoms with Crippen molar-refractivity contribution in [1.82, 2.24) is 15.0 Å². The van der Waals surface area contributed by atoms with Crippen LogP contribution in [0, 0.1) is 19.3 Å². The van der Waals surface area contributed by atoms with Gasteiger partial charge in [0.1, 0.15) is 5.76 Å². The first-order valence-corrected chi connectivity index (χ1v) is 8.69. The van der Waals surface area contributed by atoms with Crippen LogP contribution in [0.2, 0.25) is 0 Å². The second-order valence-electron chi connectivity index (χ2n) is 8.28. The molecule has 1 aromatic rings. The van der Waals surface area contributed by atoms with Gasteiger partial charge in [-0.2, -0.15) is 0 Å². The Morgan fingerprint density at radius 1 is 1.26 bits per heavy atom. The topological polar surface area (TPSA) is 49.6 Å². The van der Waals surface area contributed by atoms with Crippen LogP contribution >= 0.6 is 0 Å². The minimum absolute atomic E-state index is 0.162. The summed E-state index contributed by atoms with van der Waals surface area (Å²) in [6, 6.07) is 0. The van der Waals surface area contributed by atoms with E-state index in [1.165, 1.54) is 18.4 Å². The van der Waals surface area contributed by atoms with Gasteiger partial charge in [0, 0.05) is 42.7 Å². The fourth-order valence-electron chi connectivity index (χ4n) is 3.97. The van der Waals surface area contributed by atoms with E-state index in [1.54, 1.807) is 0 Å². The van der Waals surface area contributed by atoms with Gasteiger partial charge in [-0.25, -0.2) is 0 Å². The van der Waals surface area contributed by atoms with E-state index in [9.17, 15) is 4.79 Å².